The van der Waals surface area contributed by atoms with Gasteiger partial charge in [0, 0.05) is 23.7 Å². The molecule has 0 saturated heterocycles. The van der Waals surface area contributed by atoms with E-state index in [-0.39, 0.29) is 0 Å². The zero-order chi connectivity index (χ0) is 21.5. The molecule has 156 valence electrons. The van der Waals surface area contributed by atoms with E-state index in [0.29, 0.717) is 23.1 Å². The number of thioether (sulfide) groups is 1. The highest BCUT2D eigenvalue weighted by Crippen LogP contribution is 2.27. The van der Waals surface area contributed by atoms with E-state index in [1.807, 2.05) is 47.0 Å². The Hall–Kier alpha value is -2.84. The van der Waals surface area contributed by atoms with Crippen LogP contribution in [0.15, 0.2) is 59.8 Å². The molecule has 3 aromatic rings. The molecule has 3 amide bonds. The molecule has 30 heavy (non-hydrogen) atoms. The first kappa shape index (κ1) is 21.9. The van der Waals surface area contributed by atoms with Gasteiger partial charge in [-0.15, -0.1) is 10.2 Å². The summed E-state index contributed by atoms with van der Waals surface area (Å²) in [6, 6.07) is 16.8. The summed E-state index contributed by atoms with van der Waals surface area (Å²) in [4.78, 5) is 24.0. The average molecular weight is 444 g/mol. The van der Waals surface area contributed by atoms with Crippen LogP contribution < -0.4 is 10.6 Å². The maximum absolute atomic E-state index is 12.4. The first-order chi connectivity index (χ1) is 14.5. The SMILES string of the molecule is CCNC(=O)NC(=O)C(C)Sc1nnc(Cc2ccccc2)n1-c1ccc(Cl)cc1. The van der Waals surface area contributed by atoms with E-state index in [9.17, 15) is 9.59 Å². The van der Waals surface area contributed by atoms with E-state index in [0.717, 1.165) is 17.1 Å². The van der Waals surface area contributed by atoms with Crippen LogP contribution in [0, 0.1) is 0 Å². The Morgan fingerprint density at radius 3 is 2.47 bits per heavy atom. The molecule has 0 spiro atoms. The van der Waals surface area contributed by atoms with Gasteiger partial charge in [-0.2, -0.15) is 0 Å². The number of nitrogens with one attached hydrogen (secondary N) is 2. The summed E-state index contributed by atoms with van der Waals surface area (Å²) in [6.45, 7) is 3.94. The van der Waals surface area contributed by atoms with E-state index in [2.05, 4.69) is 20.8 Å². The number of amides is 3. The van der Waals surface area contributed by atoms with Gasteiger partial charge in [0.25, 0.3) is 0 Å². The molecule has 2 N–H and O–H groups in total. The smallest absolute Gasteiger partial charge is 0.321 e. The molecule has 0 radical (unpaired) electrons. The molecule has 1 unspecified atom stereocenters. The van der Waals surface area contributed by atoms with Crippen LogP contribution in [0.4, 0.5) is 4.79 Å². The Bertz CT molecular complexity index is 1010. The fourth-order valence-electron chi connectivity index (χ4n) is 2.75. The Balaban J connectivity index is 1.87. The van der Waals surface area contributed by atoms with E-state index < -0.39 is 17.2 Å². The summed E-state index contributed by atoms with van der Waals surface area (Å²) in [6.07, 6.45) is 0.580. The molecule has 0 bridgehead atoms. The summed E-state index contributed by atoms with van der Waals surface area (Å²) in [7, 11) is 0. The molecule has 3 rings (SSSR count). The van der Waals surface area contributed by atoms with Crippen molar-refractivity contribution >= 4 is 35.3 Å². The summed E-state index contributed by atoms with van der Waals surface area (Å²) < 4.78 is 1.91. The molecule has 0 saturated carbocycles. The number of imide groups is 1. The van der Waals surface area contributed by atoms with E-state index >= 15 is 0 Å². The van der Waals surface area contributed by atoms with E-state index in [4.69, 9.17) is 11.6 Å². The number of nitrogens with zero attached hydrogens (tertiary/aromatic N) is 3. The number of carbonyl (C=O) groups is 2. The average Bonchev–Trinajstić information content (AvgIpc) is 3.11. The van der Waals surface area contributed by atoms with Crippen LogP contribution in [0.1, 0.15) is 25.2 Å². The van der Waals surface area contributed by atoms with Crippen molar-refractivity contribution in [2.75, 3.05) is 6.54 Å². The van der Waals surface area contributed by atoms with Crippen molar-refractivity contribution < 1.29 is 9.59 Å². The highest BCUT2D eigenvalue weighted by Gasteiger charge is 2.22. The van der Waals surface area contributed by atoms with Gasteiger partial charge in [-0.25, -0.2) is 4.79 Å². The Labute approximate surface area is 184 Å². The van der Waals surface area contributed by atoms with Gasteiger partial charge in [-0.1, -0.05) is 53.7 Å². The number of urea groups is 1. The minimum Gasteiger partial charge on any atom is -0.338 e. The van der Waals surface area contributed by atoms with Crippen molar-refractivity contribution in [2.24, 2.45) is 0 Å². The topological polar surface area (TPSA) is 88.9 Å². The van der Waals surface area contributed by atoms with Gasteiger partial charge in [0.2, 0.25) is 5.91 Å². The molecule has 0 fully saturated rings. The third-order valence-corrected chi connectivity index (χ3v) is 5.51. The van der Waals surface area contributed by atoms with Gasteiger partial charge >= 0.3 is 6.03 Å². The molecule has 1 heterocycles. The van der Waals surface area contributed by atoms with E-state index in [1.54, 1.807) is 26.0 Å². The van der Waals surface area contributed by atoms with Gasteiger partial charge in [0.05, 0.1) is 5.25 Å². The maximum Gasteiger partial charge on any atom is 0.321 e. The quantitative estimate of drug-likeness (QED) is 0.541. The van der Waals surface area contributed by atoms with Crippen LogP contribution in [0.3, 0.4) is 0 Å². The summed E-state index contributed by atoms with van der Waals surface area (Å²) in [5.41, 5.74) is 1.94. The van der Waals surface area contributed by atoms with Crippen molar-refractivity contribution in [2.45, 2.75) is 30.7 Å². The van der Waals surface area contributed by atoms with Gasteiger partial charge in [0.1, 0.15) is 5.82 Å². The fourth-order valence-corrected chi connectivity index (χ4v) is 3.76. The number of halogens is 1. The van der Waals surface area contributed by atoms with Crippen LogP contribution in [0.2, 0.25) is 5.02 Å². The standard InChI is InChI=1S/C21H22ClN5O2S/c1-3-23-20(29)24-19(28)14(2)30-21-26-25-18(13-15-7-5-4-6-8-15)27(21)17-11-9-16(22)10-12-17/h4-12,14H,3,13H2,1-2H3,(H2,23,24,28,29). The highest BCUT2D eigenvalue weighted by atomic mass is 35.5. The normalized spacial score (nSPS) is 11.7. The number of benzene rings is 2. The van der Waals surface area contributed by atoms with E-state index in [1.165, 1.54) is 11.8 Å². The number of rotatable bonds is 7. The van der Waals surface area contributed by atoms with Crippen LogP contribution in [-0.4, -0.2) is 38.5 Å². The van der Waals surface area contributed by atoms with Crippen LogP contribution in [-0.2, 0) is 11.2 Å². The molecular formula is C21H22ClN5O2S. The third-order valence-electron chi connectivity index (χ3n) is 4.22. The Kier molecular flexibility index (Phi) is 7.48. The van der Waals surface area contributed by atoms with Crippen molar-refractivity contribution in [1.29, 1.82) is 0 Å². The van der Waals surface area contributed by atoms with Gasteiger partial charge in [-0.3, -0.25) is 14.7 Å². The summed E-state index contributed by atoms with van der Waals surface area (Å²) >= 11 is 7.28. The number of hydrogen-bond acceptors (Lipinski definition) is 5. The fraction of sp³-hybridized carbons (Fsp3) is 0.238. The van der Waals surface area contributed by atoms with Gasteiger partial charge in [-0.05, 0) is 43.7 Å². The second-order valence-electron chi connectivity index (χ2n) is 6.48. The van der Waals surface area contributed by atoms with Crippen LogP contribution in [0.5, 0.6) is 0 Å². The summed E-state index contributed by atoms with van der Waals surface area (Å²) in [5.74, 6) is 0.337. The predicted molar refractivity (Wildman–Crippen MR) is 118 cm³/mol. The predicted octanol–water partition coefficient (Wildman–Crippen LogP) is 3.84. The molecule has 1 atom stereocenters. The first-order valence-corrected chi connectivity index (χ1v) is 10.7. The lowest BCUT2D eigenvalue weighted by Gasteiger charge is -2.14. The van der Waals surface area contributed by atoms with Gasteiger partial charge in [0.15, 0.2) is 5.16 Å². The minimum atomic E-state index is -0.549. The minimum absolute atomic E-state index is 0.402. The second-order valence-corrected chi connectivity index (χ2v) is 8.23. The largest absolute Gasteiger partial charge is 0.338 e. The number of aromatic nitrogens is 3. The molecule has 0 aliphatic rings. The second kappa shape index (κ2) is 10.3. The molecule has 9 heteroatoms. The highest BCUT2D eigenvalue weighted by molar-refractivity contribution is 8.00. The lowest BCUT2D eigenvalue weighted by atomic mass is 10.1. The Morgan fingerprint density at radius 1 is 1.10 bits per heavy atom. The lowest BCUT2D eigenvalue weighted by Crippen LogP contribution is -2.42. The molecule has 1 aromatic heterocycles. The number of carbonyl (C=O) groups excluding carboxylic acids is 2. The molecule has 2 aromatic carbocycles. The van der Waals surface area contributed by atoms with Crippen molar-refractivity contribution in [1.82, 2.24) is 25.4 Å². The monoisotopic (exact) mass is 443 g/mol. The molecule has 0 aliphatic heterocycles. The Morgan fingerprint density at radius 2 is 1.80 bits per heavy atom. The van der Waals surface area contributed by atoms with Crippen molar-refractivity contribution in [3.8, 4) is 5.69 Å². The van der Waals surface area contributed by atoms with Crippen molar-refractivity contribution in [3.05, 3.63) is 71.0 Å². The summed E-state index contributed by atoms with van der Waals surface area (Å²) in [5, 5.41) is 14.2. The zero-order valence-electron chi connectivity index (χ0n) is 16.6. The molecule has 7 nitrogen and oxygen atoms in total. The zero-order valence-corrected chi connectivity index (χ0v) is 18.2. The van der Waals surface area contributed by atoms with Gasteiger partial charge < -0.3 is 5.32 Å². The van der Waals surface area contributed by atoms with Crippen LogP contribution >= 0.6 is 23.4 Å². The third kappa shape index (κ3) is 5.61. The lowest BCUT2D eigenvalue weighted by molar-refractivity contribution is -0.119. The number of hydrogen-bond donors (Lipinski definition) is 2. The molecular weight excluding hydrogens is 422 g/mol. The van der Waals surface area contributed by atoms with Crippen molar-refractivity contribution in [3.63, 3.8) is 0 Å². The molecule has 0 aliphatic carbocycles. The first-order valence-electron chi connectivity index (χ1n) is 9.47. The van der Waals surface area contributed by atoms with Crippen LogP contribution in [0.25, 0.3) is 5.69 Å². The maximum atomic E-state index is 12.4.